The van der Waals surface area contributed by atoms with Crippen LogP contribution in [0, 0.1) is 5.92 Å². The number of likely N-dealkylation sites (tertiary alicyclic amines) is 1. The van der Waals surface area contributed by atoms with Crippen LogP contribution in [0.5, 0.6) is 11.5 Å². The fourth-order valence-corrected chi connectivity index (χ4v) is 4.46. The van der Waals surface area contributed by atoms with E-state index in [4.69, 9.17) is 9.47 Å². The third-order valence-corrected chi connectivity index (χ3v) is 6.41. The van der Waals surface area contributed by atoms with E-state index in [9.17, 15) is 9.59 Å². The summed E-state index contributed by atoms with van der Waals surface area (Å²) < 4.78 is 10.6. The Morgan fingerprint density at radius 1 is 0.853 bits per heavy atom. The van der Waals surface area contributed by atoms with Crippen LogP contribution in [0.25, 0.3) is 11.1 Å². The molecule has 6 nitrogen and oxygen atoms in total. The Hall–Kier alpha value is -3.80. The van der Waals surface area contributed by atoms with Crippen molar-refractivity contribution in [2.45, 2.75) is 12.8 Å². The van der Waals surface area contributed by atoms with Gasteiger partial charge in [0.15, 0.2) is 0 Å². The summed E-state index contributed by atoms with van der Waals surface area (Å²) >= 11 is 0. The van der Waals surface area contributed by atoms with Gasteiger partial charge in [0.1, 0.15) is 11.5 Å². The van der Waals surface area contributed by atoms with Crippen LogP contribution < -0.4 is 14.4 Å². The van der Waals surface area contributed by atoms with Gasteiger partial charge in [-0.2, -0.15) is 0 Å². The van der Waals surface area contributed by atoms with Crippen molar-refractivity contribution in [3.63, 3.8) is 0 Å². The van der Waals surface area contributed by atoms with Crippen LogP contribution in [-0.2, 0) is 4.79 Å². The molecule has 0 bridgehead atoms. The third kappa shape index (κ3) is 4.91. The van der Waals surface area contributed by atoms with Gasteiger partial charge in [-0.25, -0.2) is 0 Å². The van der Waals surface area contributed by atoms with E-state index in [0.29, 0.717) is 43.0 Å². The van der Waals surface area contributed by atoms with Crippen molar-refractivity contribution in [2.24, 2.45) is 5.92 Å². The van der Waals surface area contributed by atoms with E-state index >= 15 is 0 Å². The standard InChI is InChI=1S/C28H30N2O4/c1-29(26-12-8-7-11-25(26)20-9-5-4-6-10-20)27(31)21-13-15-30(16-14-21)28(32)22-17-23(33-2)19-24(18-22)34-3/h4-12,17-19,21H,13-16H2,1-3H3. The summed E-state index contributed by atoms with van der Waals surface area (Å²) in [5.74, 6) is 1.03. The number of hydrogen-bond donors (Lipinski definition) is 0. The number of ether oxygens (including phenoxy) is 2. The quantitative estimate of drug-likeness (QED) is 0.528. The van der Waals surface area contributed by atoms with Crippen LogP contribution in [0.2, 0.25) is 0 Å². The first-order chi connectivity index (χ1) is 16.5. The monoisotopic (exact) mass is 458 g/mol. The SMILES string of the molecule is COc1cc(OC)cc(C(=O)N2CCC(C(=O)N(C)c3ccccc3-c3ccccc3)CC2)c1. The molecular formula is C28H30N2O4. The summed E-state index contributed by atoms with van der Waals surface area (Å²) in [7, 11) is 4.96. The van der Waals surface area contributed by atoms with Crippen LogP contribution in [0.3, 0.4) is 0 Å². The smallest absolute Gasteiger partial charge is 0.254 e. The lowest BCUT2D eigenvalue weighted by molar-refractivity contribution is -0.123. The lowest BCUT2D eigenvalue weighted by Gasteiger charge is -2.33. The Morgan fingerprint density at radius 2 is 1.44 bits per heavy atom. The number of amides is 2. The molecule has 1 aliphatic heterocycles. The number of carbonyl (C=O) groups is 2. The molecule has 0 aliphatic carbocycles. The Bertz CT molecular complexity index is 1130. The van der Waals surface area contributed by atoms with Crippen LogP contribution in [0.15, 0.2) is 72.8 Å². The maximum absolute atomic E-state index is 13.4. The number of carbonyl (C=O) groups excluding carboxylic acids is 2. The molecule has 34 heavy (non-hydrogen) atoms. The molecule has 0 saturated carbocycles. The number of hydrogen-bond acceptors (Lipinski definition) is 4. The maximum Gasteiger partial charge on any atom is 0.254 e. The maximum atomic E-state index is 13.4. The van der Waals surface area contributed by atoms with E-state index in [1.165, 1.54) is 0 Å². The number of benzene rings is 3. The summed E-state index contributed by atoms with van der Waals surface area (Å²) in [5, 5.41) is 0. The first-order valence-electron chi connectivity index (χ1n) is 11.5. The second-order valence-electron chi connectivity index (χ2n) is 8.45. The Balaban J connectivity index is 1.44. The lowest BCUT2D eigenvalue weighted by Crippen LogP contribution is -2.43. The topological polar surface area (TPSA) is 59.1 Å². The molecule has 4 rings (SSSR count). The predicted octanol–water partition coefficient (Wildman–Crippen LogP) is 4.89. The van der Waals surface area contributed by atoms with E-state index in [2.05, 4.69) is 12.1 Å². The molecule has 0 unspecified atom stereocenters. The van der Waals surface area contributed by atoms with Crippen molar-refractivity contribution in [2.75, 3.05) is 39.3 Å². The second kappa shape index (κ2) is 10.4. The van der Waals surface area contributed by atoms with E-state index < -0.39 is 0 Å². The van der Waals surface area contributed by atoms with Crippen molar-refractivity contribution >= 4 is 17.5 Å². The second-order valence-corrected chi connectivity index (χ2v) is 8.45. The highest BCUT2D eigenvalue weighted by Crippen LogP contribution is 2.32. The van der Waals surface area contributed by atoms with Crippen LogP contribution >= 0.6 is 0 Å². The van der Waals surface area contributed by atoms with Gasteiger partial charge in [0.05, 0.1) is 19.9 Å². The van der Waals surface area contributed by atoms with Gasteiger partial charge in [0, 0.05) is 43.2 Å². The molecule has 176 valence electrons. The van der Waals surface area contributed by atoms with Gasteiger partial charge in [-0.1, -0.05) is 48.5 Å². The minimum Gasteiger partial charge on any atom is -0.497 e. The van der Waals surface area contributed by atoms with Crippen molar-refractivity contribution in [1.82, 2.24) is 4.90 Å². The zero-order valence-electron chi connectivity index (χ0n) is 19.9. The van der Waals surface area contributed by atoms with E-state index in [-0.39, 0.29) is 17.7 Å². The highest BCUT2D eigenvalue weighted by atomic mass is 16.5. The molecule has 0 aromatic heterocycles. The fourth-order valence-electron chi connectivity index (χ4n) is 4.46. The summed E-state index contributed by atoms with van der Waals surface area (Å²) in [4.78, 5) is 30.0. The van der Waals surface area contributed by atoms with E-state index in [0.717, 1.165) is 16.8 Å². The average molecular weight is 459 g/mol. The molecule has 1 heterocycles. The fraction of sp³-hybridized carbons (Fsp3) is 0.286. The number of para-hydroxylation sites is 1. The van der Waals surface area contributed by atoms with Crippen molar-refractivity contribution in [3.05, 3.63) is 78.4 Å². The van der Waals surface area contributed by atoms with Crippen molar-refractivity contribution in [3.8, 4) is 22.6 Å². The summed E-state index contributed by atoms with van der Waals surface area (Å²) in [5.41, 5.74) is 3.51. The molecule has 6 heteroatoms. The summed E-state index contributed by atoms with van der Waals surface area (Å²) in [6.07, 6.45) is 1.26. The van der Waals surface area contributed by atoms with Crippen LogP contribution in [-0.4, -0.2) is 51.1 Å². The molecule has 2 amide bonds. The Labute approximate surface area is 200 Å². The normalized spacial score (nSPS) is 13.9. The van der Waals surface area contributed by atoms with Crippen molar-refractivity contribution < 1.29 is 19.1 Å². The zero-order chi connectivity index (χ0) is 24.1. The van der Waals surface area contributed by atoms with Crippen LogP contribution in [0.4, 0.5) is 5.69 Å². The van der Waals surface area contributed by atoms with E-state index in [1.54, 1.807) is 42.2 Å². The average Bonchev–Trinajstić information content (AvgIpc) is 2.92. The van der Waals surface area contributed by atoms with Gasteiger partial charge >= 0.3 is 0 Å². The Kier molecular flexibility index (Phi) is 7.16. The molecule has 1 saturated heterocycles. The van der Waals surface area contributed by atoms with Gasteiger partial charge in [-0.3, -0.25) is 9.59 Å². The first-order valence-corrected chi connectivity index (χ1v) is 11.5. The third-order valence-electron chi connectivity index (χ3n) is 6.41. The molecule has 3 aromatic carbocycles. The molecule has 0 atom stereocenters. The molecular weight excluding hydrogens is 428 g/mol. The number of anilines is 1. The number of nitrogens with zero attached hydrogens (tertiary/aromatic N) is 2. The highest BCUT2D eigenvalue weighted by molar-refractivity contribution is 5.99. The van der Waals surface area contributed by atoms with Gasteiger partial charge in [-0.05, 0) is 36.6 Å². The Morgan fingerprint density at radius 3 is 2.06 bits per heavy atom. The first kappa shape index (κ1) is 23.4. The molecule has 0 N–H and O–H groups in total. The number of piperidine rings is 1. The van der Waals surface area contributed by atoms with Crippen LogP contribution in [0.1, 0.15) is 23.2 Å². The minimum absolute atomic E-state index is 0.0779. The molecule has 3 aromatic rings. The molecule has 0 spiro atoms. The van der Waals surface area contributed by atoms with E-state index in [1.807, 2.05) is 49.5 Å². The number of methoxy groups -OCH3 is 2. The number of rotatable bonds is 6. The van der Waals surface area contributed by atoms with Gasteiger partial charge in [-0.15, -0.1) is 0 Å². The predicted molar refractivity (Wildman–Crippen MR) is 133 cm³/mol. The molecule has 0 radical (unpaired) electrons. The molecule has 1 fully saturated rings. The molecule has 1 aliphatic rings. The highest BCUT2D eigenvalue weighted by Gasteiger charge is 2.31. The van der Waals surface area contributed by atoms with Gasteiger partial charge < -0.3 is 19.3 Å². The van der Waals surface area contributed by atoms with Gasteiger partial charge in [0.25, 0.3) is 5.91 Å². The van der Waals surface area contributed by atoms with Gasteiger partial charge in [0.2, 0.25) is 5.91 Å². The lowest BCUT2D eigenvalue weighted by atomic mass is 9.94. The largest absolute Gasteiger partial charge is 0.497 e. The summed E-state index contributed by atoms with van der Waals surface area (Å²) in [6, 6.07) is 23.2. The zero-order valence-corrected chi connectivity index (χ0v) is 19.9. The summed E-state index contributed by atoms with van der Waals surface area (Å²) in [6.45, 7) is 1.06. The van der Waals surface area contributed by atoms with Crippen molar-refractivity contribution in [1.29, 1.82) is 0 Å². The minimum atomic E-state index is -0.127.